The van der Waals surface area contributed by atoms with Gasteiger partial charge in [0.15, 0.2) is 0 Å². The molecule has 3 rings (SSSR count). The maximum absolute atomic E-state index is 12.4. The van der Waals surface area contributed by atoms with Crippen molar-refractivity contribution in [1.29, 1.82) is 0 Å². The van der Waals surface area contributed by atoms with Crippen molar-refractivity contribution in [2.24, 2.45) is 0 Å². The third-order valence-electron chi connectivity index (χ3n) is 4.88. The van der Waals surface area contributed by atoms with Crippen LogP contribution in [0.25, 0.3) is 0 Å². The summed E-state index contributed by atoms with van der Waals surface area (Å²) < 4.78 is 5.31. The quantitative estimate of drug-likeness (QED) is 0.846. The number of carbonyl (C=O) groups excluding carboxylic acids is 1. The standard InChI is InChI=1S/C18H26N2O3/c1-23-16-7-8-17-13(11-16)3-2-4-14(17)12-19-18(22)20(9-10-21)15-5-6-15/h7-8,11,14-15,21H,2-6,9-10,12H2,1H3,(H,19,22)/t14-/m1/s1. The number of hydrogen-bond acceptors (Lipinski definition) is 3. The number of amides is 2. The SMILES string of the molecule is COc1ccc2c(c1)CCC[C@@H]2CNC(=O)N(CCO)C1CC1. The first-order chi connectivity index (χ1) is 11.2. The van der Waals surface area contributed by atoms with Crippen molar-refractivity contribution in [3.63, 3.8) is 0 Å². The van der Waals surface area contributed by atoms with Crippen LogP contribution in [0.2, 0.25) is 0 Å². The Morgan fingerprint density at radius 1 is 1.39 bits per heavy atom. The predicted octanol–water partition coefficient (Wildman–Crippen LogP) is 2.28. The number of methoxy groups -OCH3 is 1. The Hall–Kier alpha value is -1.75. The smallest absolute Gasteiger partial charge is 0.317 e. The molecule has 23 heavy (non-hydrogen) atoms. The van der Waals surface area contributed by atoms with Gasteiger partial charge in [-0.25, -0.2) is 4.79 Å². The maximum Gasteiger partial charge on any atom is 0.317 e. The minimum atomic E-state index is -0.0396. The average Bonchev–Trinajstić information content (AvgIpc) is 3.41. The number of benzene rings is 1. The molecule has 0 aliphatic heterocycles. The summed E-state index contributed by atoms with van der Waals surface area (Å²) in [4.78, 5) is 14.1. The number of aliphatic hydroxyl groups is 1. The number of aliphatic hydroxyl groups excluding tert-OH is 1. The Labute approximate surface area is 137 Å². The Morgan fingerprint density at radius 2 is 2.22 bits per heavy atom. The highest BCUT2D eigenvalue weighted by Crippen LogP contribution is 2.33. The summed E-state index contributed by atoms with van der Waals surface area (Å²) in [7, 11) is 1.69. The molecule has 5 heteroatoms. The second kappa shape index (κ2) is 7.21. The first-order valence-corrected chi connectivity index (χ1v) is 8.55. The fourth-order valence-corrected chi connectivity index (χ4v) is 3.49. The number of carbonyl (C=O) groups is 1. The number of rotatable bonds is 6. The van der Waals surface area contributed by atoms with Crippen LogP contribution in [-0.4, -0.2) is 48.9 Å². The number of fused-ring (bicyclic) bond motifs is 1. The van der Waals surface area contributed by atoms with E-state index in [4.69, 9.17) is 9.84 Å². The predicted molar refractivity (Wildman–Crippen MR) is 88.9 cm³/mol. The van der Waals surface area contributed by atoms with Gasteiger partial charge in [-0.05, 0) is 55.4 Å². The van der Waals surface area contributed by atoms with Gasteiger partial charge in [0.25, 0.3) is 0 Å². The Kier molecular flexibility index (Phi) is 5.06. The number of hydrogen-bond donors (Lipinski definition) is 2. The molecule has 2 N–H and O–H groups in total. The molecule has 1 atom stereocenters. The zero-order chi connectivity index (χ0) is 16.2. The van der Waals surface area contributed by atoms with Crippen LogP contribution in [0, 0.1) is 0 Å². The van der Waals surface area contributed by atoms with Crippen LogP contribution in [0.3, 0.4) is 0 Å². The lowest BCUT2D eigenvalue weighted by Crippen LogP contribution is -2.44. The molecule has 126 valence electrons. The second-order valence-corrected chi connectivity index (χ2v) is 6.49. The molecule has 0 aromatic heterocycles. The molecule has 0 radical (unpaired) electrons. The van der Waals surface area contributed by atoms with E-state index in [9.17, 15) is 4.79 Å². The topological polar surface area (TPSA) is 61.8 Å². The monoisotopic (exact) mass is 318 g/mol. The van der Waals surface area contributed by atoms with E-state index in [0.29, 0.717) is 25.0 Å². The number of ether oxygens (including phenoxy) is 1. The highest BCUT2D eigenvalue weighted by atomic mass is 16.5. The third-order valence-corrected chi connectivity index (χ3v) is 4.88. The van der Waals surface area contributed by atoms with Gasteiger partial charge < -0.3 is 20.1 Å². The summed E-state index contributed by atoms with van der Waals surface area (Å²) in [6, 6.07) is 6.54. The molecular weight excluding hydrogens is 292 g/mol. The minimum absolute atomic E-state index is 0.0238. The molecule has 0 heterocycles. The minimum Gasteiger partial charge on any atom is -0.497 e. The maximum atomic E-state index is 12.4. The van der Waals surface area contributed by atoms with E-state index in [1.165, 1.54) is 11.1 Å². The van der Waals surface area contributed by atoms with Crippen molar-refractivity contribution < 1.29 is 14.6 Å². The van der Waals surface area contributed by atoms with Crippen LogP contribution >= 0.6 is 0 Å². The lowest BCUT2D eigenvalue weighted by molar-refractivity contribution is 0.173. The largest absolute Gasteiger partial charge is 0.497 e. The first-order valence-electron chi connectivity index (χ1n) is 8.55. The molecule has 1 fully saturated rings. The van der Waals surface area contributed by atoms with Gasteiger partial charge in [0, 0.05) is 25.0 Å². The second-order valence-electron chi connectivity index (χ2n) is 6.49. The summed E-state index contributed by atoms with van der Waals surface area (Å²) in [5.74, 6) is 1.26. The molecule has 1 saturated carbocycles. The summed E-state index contributed by atoms with van der Waals surface area (Å²) in [6.07, 6.45) is 5.43. The summed E-state index contributed by atoms with van der Waals surface area (Å²) in [6.45, 7) is 1.11. The van der Waals surface area contributed by atoms with Gasteiger partial charge in [0.2, 0.25) is 0 Å². The Bertz CT molecular complexity index is 557. The van der Waals surface area contributed by atoms with E-state index in [-0.39, 0.29) is 12.6 Å². The molecule has 1 aromatic carbocycles. The van der Waals surface area contributed by atoms with Gasteiger partial charge in [-0.3, -0.25) is 0 Å². The lowest BCUT2D eigenvalue weighted by Gasteiger charge is -2.28. The normalized spacial score (nSPS) is 19.8. The molecule has 0 spiro atoms. The molecule has 0 saturated heterocycles. The average molecular weight is 318 g/mol. The van der Waals surface area contributed by atoms with Crippen LogP contribution < -0.4 is 10.1 Å². The van der Waals surface area contributed by atoms with Gasteiger partial charge >= 0.3 is 6.03 Å². The van der Waals surface area contributed by atoms with Gasteiger partial charge in [-0.1, -0.05) is 6.07 Å². The third kappa shape index (κ3) is 3.78. The van der Waals surface area contributed by atoms with Crippen LogP contribution in [0.15, 0.2) is 18.2 Å². The van der Waals surface area contributed by atoms with Crippen LogP contribution in [-0.2, 0) is 6.42 Å². The lowest BCUT2D eigenvalue weighted by atomic mass is 9.82. The van der Waals surface area contributed by atoms with Crippen molar-refractivity contribution in [2.75, 3.05) is 26.8 Å². The summed E-state index contributed by atoms with van der Waals surface area (Å²) in [5.41, 5.74) is 2.67. The fourth-order valence-electron chi connectivity index (χ4n) is 3.49. The van der Waals surface area contributed by atoms with E-state index < -0.39 is 0 Å². The van der Waals surface area contributed by atoms with Gasteiger partial charge in [-0.2, -0.15) is 0 Å². The van der Waals surface area contributed by atoms with E-state index in [0.717, 1.165) is 37.9 Å². The van der Waals surface area contributed by atoms with Gasteiger partial charge in [0.05, 0.1) is 13.7 Å². The van der Waals surface area contributed by atoms with Crippen molar-refractivity contribution in [1.82, 2.24) is 10.2 Å². The molecular formula is C18H26N2O3. The zero-order valence-corrected chi connectivity index (χ0v) is 13.8. The van der Waals surface area contributed by atoms with Crippen molar-refractivity contribution >= 4 is 6.03 Å². The summed E-state index contributed by atoms with van der Waals surface area (Å²) >= 11 is 0. The highest BCUT2D eigenvalue weighted by molar-refractivity contribution is 5.75. The molecule has 0 bridgehead atoms. The highest BCUT2D eigenvalue weighted by Gasteiger charge is 2.32. The molecule has 1 aromatic rings. The number of nitrogens with one attached hydrogen (secondary N) is 1. The van der Waals surface area contributed by atoms with Crippen LogP contribution in [0.1, 0.15) is 42.7 Å². The van der Waals surface area contributed by atoms with E-state index >= 15 is 0 Å². The van der Waals surface area contributed by atoms with E-state index in [2.05, 4.69) is 17.4 Å². The van der Waals surface area contributed by atoms with Crippen LogP contribution in [0.5, 0.6) is 5.75 Å². The number of nitrogens with zero attached hydrogens (tertiary/aromatic N) is 1. The van der Waals surface area contributed by atoms with Gasteiger partial charge in [-0.15, -0.1) is 0 Å². The first kappa shape index (κ1) is 16.1. The number of aryl methyl sites for hydroxylation is 1. The van der Waals surface area contributed by atoms with E-state index in [1.54, 1.807) is 12.0 Å². The van der Waals surface area contributed by atoms with Crippen LogP contribution in [0.4, 0.5) is 4.79 Å². The Balaban J connectivity index is 1.62. The summed E-state index contributed by atoms with van der Waals surface area (Å²) in [5, 5.41) is 12.2. The number of urea groups is 1. The zero-order valence-electron chi connectivity index (χ0n) is 13.8. The van der Waals surface area contributed by atoms with Gasteiger partial charge in [0.1, 0.15) is 5.75 Å². The molecule has 2 aliphatic carbocycles. The molecule has 5 nitrogen and oxygen atoms in total. The fraction of sp³-hybridized carbons (Fsp3) is 0.611. The van der Waals surface area contributed by atoms with E-state index in [1.807, 2.05) is 6.07 Å². The van der Waals surface area contributed by atoms with Crippen molar-refractivity contribution in [3.05, 3.63) is 29.3 Å². The Morgan fingerprint density at radius 3 is 2.91 bits per heavy atom. The van der Waals surface area contributed by atoms with Crippen molar-refractivity contribution in [3.8, 4) is 5.75 Å². The molecule has 2 amide bonds. The van der Waals surface area contributed by atoms with Crippen molar-refractivity contribution in [2.45, 2.75) is 44.1 Å². The molecule has 0 unspecified atom stereocenters. The molecule has 2 aliphatic rings.